The highest BCUT2D eigenvalue weighted by Crippen LogP contribution is 2.82. The monoisotopic (exact) mass is 424 g/mol. The maximum atomic E-state index is 12.8. The van der Waals surface area contributed by atoms with Crippen molar-refractivity contribution in [1.29, 1.82) is 0 Å². The first-order valence-corrected chi connectivity index (χ1v) is 11.6. The minimum absolute atomic E-state index is 0.0944. The van der Waals surface area contributed by atoms with Gasteiger partial charge >= 0.3 is 5.97 Å². The van der Waals surface area contributed by atoms with Gasteiger partial charge < -0.3 is 29.5 Å². The van der Waals surface area contributed by atoms with Crippen molar-refractivity contribution >= 4 is 5.97 Å². The first-order valence-electron chi connectivity index (χ1n) is 11.6. The smallest absolute Gasteiger partial charge is 0.335 e. The first kappa shape index (κ1) is 21.1. The van der Waals surface area contributed by atoms with Crippen LogP contribution in [0.25, 0.3) is 0 Å². The third-order valence-corrected chi connectivity index (χ3v) is 9.28. The number of ether oxygens (including phenoxy) is 3. The summed E-state index contributed by atoms with van der Waals surface area (Å²) in [7, 11) is 0. The van der Waals surface area contributed by atoms with Crippen molar-refractivity contribution in [3.63, 3.8) is 0 Å². The lowest BCUT2D eigenvalue weighted by atomic mass is 9.64. The summed E-state index contributed by atoms with van der Waals surface area (Å²) in [4.78, 5) is 12.8. The third kappa shape index (κ3) is 2.31. The molecule has 0 aromatic carbocycles. The SMILES string of the molecule is CCCCCCC(O)C(=O)O[C@@H]1[C@@H]2[C@H](CC1(C)C)[C@H](O)[C@@]13O[C@@H]1C(O)[C@@]1(CO1)[C@@]23C. The topological polar surface area (TPSA) is 112 Å². The van der Waals surface area contributed by atoms with Crippen LogP contribution >= 0.6 is 0 Å². The molecular weight excluding hydrogens is 388 g/mol. The summed E-state index contributed by atoms with van der Waals surface area (Å²) in [6.07, 6.45) is 1.54. The second kappa shape index (κ2) is 6.41. The maximum absolute atomic E-state index is 12.8. The fourth-order valence-corrected chi connectivity index (χ4v) is 7.65. The van der Waals surface area contributed by atoms with Gasteiger partial charge in [0, 0.05) is 16.7 Å². The van der Waals surface area contributed by atoms with E-state index in [4.69, 9.17) is 14.2 Å². The Morgan fingerprint density at radius 3 is 2.50 bits per heavy atom. The van der Waals surface area contributed by atoms with Gasteiger partial charge in [-0.3, -0.25) is 0 Å². The largest absolute Gasteiger partial charge is 0.460 e. The summed E-state index contributed by atoms with van der Waals surface area (Å²) in [5.41, 5.74) is -2.55. The predicted octanol–water partition coefficient (Wildman–Crippen LogP) is 1.55. The van der Waals surface area contributed by atoms with E-state index in [1.165, 1.54) is 0 Å². The van der Waals surface area contributed by atoms with E-state index in [1.807, 2.05) is 6.92 Å². The lowest BCUT2D eigenvalue weighted by Gasteiger charge is -2.43. The van der Waals surface area contributed by atoms with Crippen LogP contribution in [0.5, 0.6) is 0 Å². The molecule has 10 atom stereocenters. The number of epoxide rings is 2. The Labute approximate surface area is 178 Å². The Morgan fingerprint density at radius 2 is 1.87 bits per heavy atom. The highest BCUT2D eigenvalue weighted by atomic mass is 16.7. The zero-order valence-electron chi connectivity index (χ0n) is 18.5. The summed E-state index contributed by atoms with van der Waals surface area (Å²) >= 11 is 0. The van der Waals surface area contributed by atoms with E-state index >= 15 is 0 Å². The van der Waals surface area contributed by atoms with Gasteiger partial charge in [-0.05, 0) is 18.8 Å². The van der Waals surface area contributed by atoms with E-state index in [1.54, 1.807) is 0 Å². The number of hydrogen-bond donors (Lipinski definition) is 3. The molecule has 2 spiro atoms. The molecule has 7 nitrogen and oxygen atoms in total. The van der Waals surface area contributed by atoms with Gasteiger partial charge in [-0.1, -0.05) is 53.4 Å². The molecule has 2 unspecified atom stereocenters. The summed E-state index contributed by atoms with van der Waals surface area (Å²) in [6.45, 7) is 8.70. The van der Waals surface area contributed by atoms with Crippen LogP contribution in [0.3, 0.4) is 0 Å². The van der Waals surface area contributed by atoms with E-state index < -0.39 is 53.1 Å². The molecule has 3 saturated carbocycles. The van der Waals surface area contributed by atoms with Gasteiger partial charge in [0.1, 0.15) is 29.5 Å². The summed E-state index contributed by atoms with van der Waals surface area (Å²) < 4.78 is 17.8. The van der Waals surface area contributed by atoms with Crippen LogP contribution in [0.2, 0.25) is 0 Å². The molecule has 0 aromatic rings. The van der Waals surface area contributed by atoms with Crippen LogP contribution < -0.4 is 0 Å². The normalized spacial score (nSPS) is 52.6. The van der Waals surface area contributed by atoms with Gasteiger partial charge in [0.15, 0.2) is 6.10 Å². The van der Waals surface area contributed by atoms with Gasteiger partial charge in [0.05, 0.1) is 12.7 Å². The lowest BCUT2D eigenvalue weighted by Crippen LogP contribution is -2.54. The molecule has 30 heavy (non-hydrogen) atoms. The Bertz CT molecular complexity index is 733. The second-order valence-electron chi connectivity index (χ2n) is 11.2. The van der Waals surface area contributed by atoms with Crippen molar-refractivity contribution in [2.45, 2.75) is 108 Å². The molecule has 0 aromatic heterocycles. The van der Waals surface area contributed by atoms with Gasteiger partial charge in [0.25, 0.3) is 0 Å². The number of aliphatic hydroxyl groups is 3. The molecule has 7 heteroatoms. The van der Waals surface area contributed by atoms with Crippen LogP contribution in [0.4, 0.5) is 0 Å². The van der Waals surface area contributed by atoms with Crippen molar-refractivity contribution in [3.05, 3.63) is 0 Å². The molecule has 0 radical (unpaired) electrons. The molecule has 3 aliphatic carbocycles. The van der Waals surface area contributed by atoms with Crippen molar-refractivity contribution in [2.75, 3.05) is 6.61 Å². The van der Waals surface area contributed by atoms with Crippen LogP contribution in [-0.4, -0.2) is 69.6 Å². The van der Waals surface area contributed by atoms with E-state index in [9.17, 15) is 20.1 Å². The van der Waals surface area contributed by atoms with Crippen molar-refractivity contribution < 1.29 is 34.3 Å². The second-order valence-corrected chi connectivity index (χ2v) is 11.2. The Kier molecular flexibility index (Phi) is 4.52. The number of aliphatic hydroxyl groups excluding tert-OH is 3. The van der Waals surface area contributed by atoms with Crippen molar-refractivity contribution in [3.8, 4) is 0 Å². The van der Waals surface area contributed by atoms with Gasteiger partial charge in [0.2, 0.25) is 0 Å². The average molecular weight is 425 g/mol. The molecule has 0 bridgehead atoms. The van der Waals surface area contributed by atoms with Crippen LogP contribution in [-0.2, 0) is 19.0 Å². The molecule has 2 saturated heterocycles. The highest BCUT2D eigenvalue weighted by molar-refractivity contribution is 5.74. The number of hydrogen-bond acceptors (Lipinski definition) is 7. The van der Waals surface area contributed by atoms with Crippen LogP contribution in [0, 0.1) is 22.7 Å². The van der Waals surface area contributed by atoms with Gasteiger partial charge in [-0.25, -0.2) is 4.79 Å². The number of unbranched alkanes of at least 4 members (excludes halogenated alkanes) is 3. The van der Waals surface area contributed by atoms with E-state index in [-0.39, 0.29) is 17.3 Å². The zero-order valence-corrected chi connectivity index (χ0v) is 18.5. The fourth-order valence-electron chi connectivity index (χ4n) is 7.65. The highest BCUT2D eigenvalue weighted by Gasteiger charge is 2.97. The number of carbonyl (C=O) groups excluding carboxylic acids is 1. The summed E-state index contributed by atoms with van der Waals surface area (Å²) in [5.74, 6) is -0.867. The average Bonchev–Trinajstić information content (AvgIpc) is 3.58. The lowest BCUT2D eigenvalue weighted by molar-refractivity contribution is -0.174. The number of fused-ring (bicyclic) bond motifs is 3. The summed E-state index contributed by atoms with van der Waals surface area (Å²) in [5, 5.41) is 32.5. The van der Waals surface area contributed by atoms with Crippen molar-refractivity contribution in [2.24, 2.45) is 22.7 Å². The minimum atomic E-state index is -1.13. The Hall–Kier alpha value is -0.730. The zero-order chi connectivity index (χ0) is 21.7. The molecule has 170 valence electrons. The predicted molar refractivity (Wildman–Crippen MR) is 106 cm³/mol. The molecule has 5 fully saturated rings. The van der Waals surface area contributed by atoms with Crippen LogP contribution in [0.15, 0.2) is 0 Å². The van der Waals surface area contributed by atoms with Gasteiger partial charge in [-0.15, -0.1) is 0 Å². The fraction of sp³-hybridized carbons (Fsp3) is 0.957. The van der Waals surface area contributed by atoms with E-state index in [0.29, 0.717) is 19.4 Å². The quantitative estimate of drug-likeness (QED) is 0.323. The standard InChI is InChI=1S/C23H36O7/c1-5-6-7-8-9-13(24)19(27)29-17-14-12(10-20(17,2)3)15(25)23-18(30-23)16(26)22(11-28-22)21(14,23)4/h12-18,24-26H,5-11H2,1-4H3/t12-,13?,14-,15-,16?,17+,18+,21+,22-,23+/m0/s1. The minimum Gasteiger partial charge on any atom is -0.460 e. The van der Waals surface area contributed by atoms with E-state index in [2.05, 4.69) is 20.8 Å². The number of rotatable bonds is 7. The summed E-state index contributed by atoms with van der Waals surface area (Å²) in [6, 6.07) is 0. The molecule has 2 aliphatic heterocycles. The van der Waals surface area contributed by atoms with E-state index in [0.717, 1.165) is 25.7 Å². The molecule has 0 amide bonds. The van der Waals surface area contributed by atoms with Crippen molar-refractivity contribution in [1.82, 2.24) is 0 Å². The third-order valence-electron chi connectivity index (χ3n) is 9.28. The number of carbonyl (C=O) groups is 1. The molecule has 5 aliphatic rings. The number of esters is 1. The van der Waals surface area contributed by atoms with Crippen LogP contribution in [0.1, 0.15) is 66.2 Å². The maximum Gasteiger partial charge on any atom is 0.335 e. The molecule has 5 rings (SSSR count). The molecular formula is C23H36O7. The Balaban J connectivity index is 1.39. The first-order chi connectivity index (χ1) is 14.1. The molecule has 2 heterocycles. The Morgan fingerprint density at radius 1 is 1.17 bits per heavy atom. The molecule has 3 N–H and O–H groups in total. The van der Waals surface area contributed by atoms with Gasteiger partial charge in [-0.2, -0.15) is 0 Å².